The average Bonchev–Trinajstić information content (AvgIpc) is 2.72. The van der Waals surface area contributed by atoms with Crippen molar-refractivity contribution in [1.82, 2.24) is 14.6 Å². The van der Waals surface area contributed by atoms with Gasteiger partial charge in [-0.3, -0.25) is 0 Å². The molecule has 98 valence electrons. The van der Waals surface area contributed by atoms with Crippen LogP contribution in [0.3, 0.4) is 0 Å². The maximum absolute atomic E-state index is 12.8. The number of hydrogen-bond acceptors (Lipinski definition) is 2. The minimum absolute atomic E-state index is 0.396. The van der Waals surface area contributed by atoms with E-state index in [9.17, 15) is 13.2 Å². The first-order valence-corrected chi connectivity index (χ1v) is 5.90. The summed E-state index contributed by atoms with van der Waals surface area (Å²) in [6.07, 6.45) is -3.51. The van der Waals surface area contributed by atoms with Crippen molar-refractivity contribution in [2.75, 3.05) is 0 Å². The Hall–Kier alpha value is -1.30. The Balaban J connectivity index is 2.81. The molecule has 0 spiro atoms. The van der Waals surface area contributed by atoms with E-state index in [0.717, 1.165) is 10.6 Å². The van der Waals surface area contributed by atoms with Crippen molar-refractivity contribution in [3.63, 3.8) is 0 Å². The molecule has 7 heteroatoms. The van der Waals surface area contributed by atoms with Crippen molar-refractivity contribution in [2.24, 2.45) is 0 Å². The van der Waals surface area contributed by atoms with Gasteiger partial charge in [0.25, 0.3) is 0 Å². The highest BCUT2D eigenvalue weighted by molar-refractivity contribution is 6.30. The maximum Gasteiger partial charge on any atom is 0.419 e. The molecule has 0 amide bonds. The Kier molecular flexibility index (Phi) is 3.23. The van der Waals surface area contributed by atoms with Crippen LogP contribution in [0.5, 0.6) is 0 Å². The minimum Gasteiger partial charge on any atom is -0.212 e. The number of aryl methyl sites for hydroxylation is 2. The molecule has 0 bridgehead atoms. The van der Waals surface area contributed by atoms with Crippen LogP contribution in [0.25, 0.3) is 5.65 Å². The molecule has 0 saturated heterocycles. The molecule has 2 aromatic heterocycles. The van der Waals surface area contributed by atoms with Gasteiger partial charge in [-0.2, -0.15) is 13.2 Å². The van der Waals surface area contributed by atoms with Crippen LogP contribution in [0.2, 0.25) is 5.15 Å². The predicted octanol–water partition coefficient (Wildman–Crippen LogP) is 3.53. The van der Waals surface area contributed by atoms with Gasteiger partial charge in [0.05, 0.1) is 5.56 Å². The van der Waals surface area contributed by atoms with Gasteiger partial charge < -0.3 is 0 Å². The van der Waals surface area contributed by atoms with E-state index in [-0.39, 0.29) is 0 Å². The molecule has 18 heavy (non-hydrogen) atoms. The molecule has 2 aromatic rings. The zero-order valence-electron chi connectivity index (χ0n) is 9.85. The van der Waals surface area contributed by atoms with E-state index in [1.807, 2.05) is 6.92 Å². The van der Waals surface area contributed by atoms with Gasteiger partial charge in [-0.05, 0) is 18.1 Å². The van der Waals surface area contributed by atoms with Gasteiger partial charge in [0.2, 0.25) is 0 Å². The van der Waals surface area contributed by atoms with Gasteiger partial charge >= 0.3 is 6.18 Å². The van der Waals surface area contributed by atoms with Crippen molar-refractivity contribution in [2.45, 2.75) is 32.9 Å². The third-order valence-corrected chi connectivity index (χ3v) is 3.03. The fourth-order valence-corrected chi connectivity index (χ4v) is 2.00. The Bertz CT molecular complexity index is 589. The van der Waals surface area contributed by atoms with Crippen LogP contribution >= 0.6 is 11.6 Å². The summed E-state index contributed by atoms with van der Waals surface area (Å²) in [5.41, 5.74) is 0.00680. The number of fused-ring (bicyclic) bond motifs is 1. The fraction of sp³-hybridized carbons (Fsp3) is 0.455. The van der Waals surface area contributed by atoms with Crippen LogP contribution in [0.1, 0.15) is 30.8 Å². The first-order valence-electron chi connectivity index (χ1n) is 5.52. The molecular weight excluding hydrogens is 267 g/mol. The third-order valence-electron chi connectivity index (χ3n) is 2.67. The van der Waals surface area contributed by atoms with Gasteiger partial charge in [-0.15, -0.1) is 5.10 Å². The van der Waals surface area contributed by atoms with Gasteiger partial charge in [-0.25, -0.2) is 9.50 Å². The van der Waals surface area contributed by atoms with Crippen LogP contribution < -0.4 is 0 Å². The summed E-state index contributed by atoms with van der Waals surface area (Å²) >= 11 is 5.77. The Morgan fingerprint density at radius 3 is 2.44 bits per heavy atom. The number of nitrogens with zero attached hydrogens (tertiary/aromatic N) is 3. The van der Waals surface area contributed by atoms with E-state index in [1.54, 1.807) is 6.92 Å². The lowest BCUT2D eigenvalue weighted by atomic mass is 10.1. The van der Waals surface area contributed by atoms with E-state index < -0.39 is 16.9 Å². The molecule has 0 radical (unpaired) electrons. The van der Waals surface area contributed by atoms with Crippen molar-refractivity contribution < 1.29 is 13.2 Å². The van der Waals surface area contributed by atoms with Crippen LogP contribution in [-0.4, -0.2) is 14.6 Å². The average molecular weight is 278 g/mol. The van der Waals surface area contributed by atoms with Crippen molar-refractivity contribution >= 4 is 17.2 Å². The topological polar surface area (TPSA) is 30.2 Å². The highest BCUT2D eigenvalue weighted by Gasteiger charge is 2.35. The zero-order chi connectivity index (χ0) is 13.5. The molecule has 0 aromatic carbocycles. The van der Waals surface area contributed by atoms with Crippen LogP contribution in [0.15, 0.2) is 6.07 Å². The molecule has 0 N–H and O–H groups in total. The number of aromatic nitrogens is 3. The molecule has 2 heterocycles. The summed E-state index contributed by atoms with van der Waals surface area (Å²) < 4.78 is 39.6. The Morgan fingerprint density at radius 2 is 1.94 bits per heavy atom. The van der Waals surface area contributed by atoms with Crippen molar-refractivity contribution in [1.29, 1.82) is 0 Å². The van der Waals surface area contributed by atoms with Crippen LogP contribution in [0, 0.1) is 0 Å². The Morgan fingerprint density at radius 1 is 1.28 bits per heavy atom. The molecule has 0 atom stereocenters. The van der Waals surface area contributed by atoms with E-state index >= 15 is 0 Å². The SMILES string of the molecule is CCc1nc2c(CC)cc(C(F)(F)F)c(Cl)n2n1. The summed E-state index contributed by atoms with van der Waals surface area (Å²) in [6.45, 7) is 3.60. The number of halogens is 4. The first-order chi connectivity index (χ1) is 8.38. The molecular formula is C11H11ClF3N3. The number of hydrogen-bond donors (Lipinski definition) is 0. The molecule has 0 aliphatic heterocycles. The highest BCUT2D eigenvalue weighted by Crippen LogP contribution is 2.36. The lowest BCUT2D eigenvalue weighted by Gasteiger charge is -2.11. The molecule has 0 aliphatic rings. The van der Waals surface area contributed by atoms with E-state index in [2.05, 4.69) is 10.1 Å². The summed E-state index contributed by atoms with van der Waals surface area (Å²) in [5, 5.41) is 3.54. The zero-order valence-corrected chi connectivity index (χ0v) is 10.6. The van der Waals surface area contributed by atoms with E-state index in [4.69, 9.17) is 11.6 Å². The molecule has 2 rings (SSSR count). The van der Waals surface area contributed by atoms with Gasteiger partial charge in [0.1, 0.15) is 5.15 Å². The standard InChI is InChI=1S/C11H11ClF3N3/c1-3-6-5-7(11(13,14)15)9(12)18-10(6)16-8(4-2)17-18/h5H,3-4H2,1-2H3. The second kappa shape index (κ2) is 4.42. The predicted molar refractivity (Wildman–Crippen MR) is 61.8 cm³/mol. The van der Waals surface area contributed by atoms with Gasteiger partial charge in [0, 0.05) is 6.42 Å². The molecule has 0 unspecified atom stereocenters. The summed E-state index contributed by atoms with van der Waals surface area (Å²) in [7, 11) is 0. The lowest BCUT2D eigenvalue weighted by molar-refractivity contribution is -0.137. The summed E-state index contributed by atoms with van der Waals surface area (Å²) in [4.78, 5) is 4.19. The second-order valence-electron chi connectivity index (χ2n) is 3.84. The van der Waals surface area contributed by atoms with Gasteiger partial charge in [0.15, 0.2) is 11.5 Å². The molecule has 0 aliphatic carbocycles. The highest BCUT2D eigenvalue weighted by atomic mass is 35.5. The first kappa shape index (κ1) is 13.1. The molecule has 3 nitrogen and oxygen atoms in total. The third kappa shape index (κ3) is 2.05. The fourth-order valence-electron chi connectivity index (χ4n) is 1.72. The number of rotatable bonds is 2. The van der Waals surface area contributed by atoms with E-state index in [1.165, 1.54) is 0 Å². The van der Waals surface area contributed by atoms with Crippen LogP contribution in [-0.2, 0) is 19.0 Å². The molecule has 0 saturated carbocycles. The smallest absolute Gasteiger partial charge is 0.212 e. The Labute approximate surface area is 107 Å². The maximum atomic E-state index is 12.8. The molecule has 0 fully saturated rings. The van der Waals surface area contributed by atoms with Crippen molar-refractivity contribution in [3.05, 3.63) is 28.2 Å². The number of pyridine rings is 1. The van der Waals surface area contributed by atoms with Crippen molar-refractivity contribution in [3.8, 4) is 0 Å². The normalized spacial score (nSPS) is 12.3. The monoisotopic (exact) mass is 277 g/mol. The summed E-state index contributed by atoms with van der Waals surface area (Å²) in [6, 6.07) is 1.05. The lowest BCUT2D eigenvalue weighted by Crippen LogP contribution is -2.10. The quantitative estimate of drug-likeness (QED) is 0.786. The number of alkyl halides is 3. The summed E-state index contributed by atoms with van der Waals surface area (Å²) in [5.74, 6) is 0.478. The minimum atomic E-state index is -4.49. The second-order valence-corrected chi connectivity index (χ2v) is 4.20. The van der Waals surface area contributed by atoms with E-state index in [0.29, 0.717) is 29.9 Å². The van der Waals surface area contributed by atoms with Crippen LogP contribution in [0.4, 0.5) is 13.2 Å². The van der Waals surface area contributed by atoms with Gasteiger partial charge in [-0.1, -0.05) is 25.4 Å². The largest absolute Gasteiger partial charge is 0.419 e.